The highest BCUT2D eigenvalue weighted by atomic mass is 19.1. The second-order valence-corrected chi connectivity index (χ2v) is 8.51. The zero-order valence-electron chi connectivity index (χ0n) is 18.9. The van der Waals surface area contributed by atoms with Crippen molar-refractivity contribution in [2.24, 2.45) is 18.9 Å². The maximum Gasteiger partial charge on any atom is 0.328 e. The molecule has 0 saturated heterocycles. The molecule has 0 atom stereocenters. The smallest absolute Gasteiger partial charge is 0.328 e. The number of hydrogen-bond acceptors (Lipinski definition) is 5. The number of anilines is 1. The molecule has 2 aromatic heterocycles. The Morgan fingerprint density at radius 2 is 1.88 bits per heavy atom. The molecule has 9 heteroatoms. The third kappa shape index (κ3) is 5.08. The summed E-state index contributed by atoms with van der Waals surface area (Å²) in [6.07, 6.45) is 6.51. The van der Waals surface area contributed by atoms with Crippen molar-refractivity contribution in [1.82, 2.24) is 14.1 Å². The molecule has 0 radical (unpaired) electrons. The normalized spacial score (nSPS) is 18.4. The van der Waals surface area contributed by atoms with Gasteiger partial charge in [-0.1, -0.05) is 0 Å². The van der Waals surface area contributed by atoms with Gasteiger partial charge < -0.3 is 14.8 Å². The number of amides is 1. The van der Waals surface area contributed by atoms with Crippen LogP contribution >= 0.6 is 0 Å². The van der Waals surface area contributed by atoms with Gasteiger partial charge in [0, 0.05) is 56.8 Å². The van der Waals surface area contributed by atoms with Crippen molar-refractivity contribution in [2.75, 3.05) is 25.6 Å². The zero-order chi connectivity index (χ0) is 23.4. The summed E-state index contributed by atoms with van der Waals surface area (Å²) in [5.74, 6) is -0.160. The van der Waals surface area contributed by atoms with Crippen molar-refractivity contribution in [1.29, 1.82) is 0 Å². The number of imidazole rings is 1. The van der Waals surface area contributed by atoms with Gasteiger partial charge in [-0.3, -0.25) is 18.9 Å². The molecule has 1 fully saturated rings. The van der Waals surface area contributed by atoms with E-state index in [4.69, 9.17) is 9.47 Å². The van der Waals surface area contributed by atoms with Crippen molar-refractivity contribution in [2.45, 2.75) is 32.2 Å². The molecule has 1 aliphatic carbocycles. The van der Waals surface area contributed by atoms with Crippen LogP contribution in [0.5, 0.6) is 5.75 Å². The van der Waals surface area contributed by atoms with Gasteiger partial charge in [0.2, 0.25) is 5.91 Å². The summed E-state index contributed by atoms with van der Waals surface area (Å²) in [5.41, 5.74) is 1.74. The molecule has 8 nitrogen and oxygen atoms in total. The standard InChI is InChI=1S/C24H29FN4O4/c1-28-20-13-19(25)22(33-12-11-32-2)14-21(20)29(24(28)31)15-16-3-5-17(6-4-16)23(30)27-18-7-9-26-10-8-18/h7-10,13-14,16-17H,3-6,11-12,15H2,1-2H3,(H,26,27,30). The van der Waals surface area contributed by atoms with Gasteiger partial charge >= 0.3 is 5.69 Å². The van der Waals surface area contributed by atoms with Crippen LogP contribution in [0.4, 0.5) is 10.1 Å². The van der Waals surface area contributed by atoms with E-state index >= 15 is 0 Å². The van der Waals surface area contributed by atoms with E-state index < -0.39 is 5.82 Å². The number of ether oxygens (including phenoxy) is 2. The van der Waals surface area contributed by atoms with Crippen molar-refractivity contribution in [3.63, 3.8) is 0 Å². The fraction of sp³-hybridized carbons (Fsp3) is 0.458. The van der Waals surface area contributed by atoms with Gasteiger partial charge in [-0.25, -0.2) is 9.18 Å². The van der Waals surface area contributed by atoms with Gasteiger partial charge in [-0.2, -0.15) is 0 Å². The first-order valence-corrected chi connectivity index (χ1v) is 11.2. The first kappa shape index (κ1) is 23.0. The molecule has 2 heterocycles. The number of rotatable bonds is 8. The number of nitrogens with one attached hydrogen (secondary N) is 1. The Hall–Kier alpha value is -3.20. The van der Waals surface area contributed by atoms with E-state index in [1.165, 1.54) is 10.6 Å². The molecule has 33 heavy (non-hydrogen) atoms. The predicted molar refractivity (Wildman–Crippen MR) is 123 cm³/mol. The van der Waals surface area contributed by atoms with Crippen LogP contribution in [0.25, 0.3) is 11.0 Å². The molecule has 1 N–H and O–H groups in total. The number of nitrogens with zero attached hydrogens (tertiary/aromatic N) is 3. The lowest BCUT2D eigenvalue weighted by Crippen LogP contribution is -2.30. The van der Waals surface area contributed by atoms with Crippen molar-refractivity contribution in [3.8, 4) is 5.75 Å². The molecule has 3 aromatic rings. The van der Waals surface area contributed by atoms with Crippen LogP contribution in [0.2, 0.25) is 0 Å². The number of carbonyl (C=O) groups is 1. The van der Waals surface area contributed by atoms with E-state index in [2.05, 4.69) is 10.3 Å². The summed E-state index contributed by atoms with van der Waals surface area (Å²) in [6, 6.07) is 6.48. The zero-order valence-corrected chi connectivity index (χ0v) is 18.9. The molecule has 0 unspecified atom stereocenters. The van der Waals surface area contributed by atoms with Gasteiger partial charge in [0.1, 0.15) is 6.61 Å². The minimum absolute atomic E-state index is 0.0234. The van der Waals surface area contributed by atoms with Crippen molar-refractivity contribution < 1.29 is 18.7 Å². The number of pyridine rings is 1. The molecule has 1 aromatic carbocycles. The summed E-state index contributed by atoms with van der Waals surface area (Å²) in [6.45, 7) is 1.09. The van der Waals surface area contributed by atoms with Crippen LogP contribution in [0.15, 0.2) is 41.5 Å². The monoisotopic (exact) mass is 456 g/mol. The molecule has 1 saturated carbocycles. The minimum atomic E-state index is -0.507. The Morgan fingerprint density at radius 3 is 2.58 bits per heavy atom. The Bertz CT molecular complexity index is 1170. The highest BCUT2D eigenvalue weighted by molar-refractivity contribution is 5.92. The molecular weight excluding hydrogens is 427 g/mol. The van der Waals surface area contributed by atoms with Crippen LogP contribution < -0.4 is 15.7 Å². The summed E-state index contributed by atoms with van der Waals surface area (Å²) in [5, 5.41) is 2.95. The van der Waals surface area contributed by atoms with E-state index in [0.717, 1.165) is 31.4 Å². The van der Waals surface area contributed by atoms with Crippen LogP contribution in [-0.2, 0) is 23.1 Å². The molecule has 0 bridgehead atoms. The highest BCUT2D eigenvalue weighted by Gasteiger charge is 2.28. The molecule has 0 aliphatic heterocycles. The second-order valence-electron chi connectivity index (χ2n) is 8.51. The Morgan fingerprint density at radius 1 is 1.15 bits per heavy atom. The molecule has 4 rings (SSSR count). The molecule has 1 amide bonds. The average Bonchev–Trinajstić information content (AvgIpc) is 3.04. The van der Waals surface area contributed by atoms with E-state index in [9.17, 15) is 14.0 Å². The number of hydrogen-bond donors (Lipinski definition) is 1. The number of halogens is 1. The summed E-state index contributed by atoms with van der Waals surface area (Å²) >= 11 is 0. The third-order valence-corrected chi connectivity index (χ3v) is 6.35. The number of methoxy groups -OCH3 is 1. The molecule has 1 aliphatic rings. The van der Waals surface area contributed by atoms with Gasteiger partial charge in [0.15, 0.2) is 11.6 Å². The fourth-order valence-corrected chi connectivity index (χ4v) is 4.47. The number of fused-ring (bicyclic) bond motifs is 1. The van der Waals surface area contributed by atoms with Crippen molar-refractivity contribution in [3.05, 3.63) is 53.0 Å². The number of aromatic nitrogens is 3. The van der Waals surface area contributed by atoms with Crippen molar-refractivity contribution >= 4 is 22.6 Å². The van der Waals surface area contributed by atoms with E-state index in [0.29, 0.717) is 24.2 Å². The quantitative estimate of drug-likeness (QED) is 0.526. The fourth-order valence-electron chi connectivity index (χ4n) is 4.47. The van der Waals surface area contributed by atoms with Gasteiger partial charge in [0.05, 0.1) is 17.6 Å². The maximum absolute atomic E-state index is 14.5. The maximum atomic E-state index is 14.5. The van der Waals surface area contributed by atoms with Gasteiger partial charge in [0.25, 0.3) is 0 Å². The average molecular weight is 457 g/mol. The largest absolute Gasteiger partial charge is 0.488 e. The van der Waals surface area contributed by atoms with E-state index in [1.807, 2.05) is 0 Å². The second kappa shape index (κ2) is 10.2. The number of aryl methyl sites for hydroxylation is 1. The molecule has 176 valence electrons. The van der Waals surface area contributed by atoms with Crippen LogP contribution in [-0.4, -0.2) is 40.3 Å². The highest BCUT2D eigenvalue weighted by Crippen LogP contribution is 2.32. The topological polar surface area (TPSA) is 87.4 Å². The number of carbonyl (C=O) groups excluding carboxylic acids is 1. The predicted octanol–water partition coefficient (Wildman–Crippen LogP) is 3.34. The minimum Gasteiger partial charge on any atom is -0.488 e. The van der Waals surface area contributed by atoms with E-state index in [1.54, 1.807) is 49.3 Å². The lowest BCUT2D eigenvalue weighted by atomic mass is 9.81. The first-order chi connectivity index (χ1) is 16.0. The van der Waals surface area contributed by atoms with Crippen LogP contribution in [0, 0.1) is 17.7 Å². The SMILES string of the molecule is COCCOc1cc2c(cc1F)n(C)c(=O)n2CC1CCC(C(=O)Nc2ccncc2)CC1. The Labute approximate surface area is 191 Å². The van der Waals surface area contributed by atoms with Gasteiger partial charge in [-0.15, -0.1) is 0 Å². The summed E-state index contributed by atoms with van der Waals surface area (Å²) in [4.78, 5) is 29.4. The number of benzene rings is 1. The van der Waals surface area contributed by atoms with Crippen LogP contribution in [0.1, 0.15) is 25.7 Å². The Kier molecular flexibility index (Phi) is 7.08. The van der Waals surface area contributed by atoms with Crippen LogP contribution in [0.3, 0.4) is 0 Å². The Balaban J connectivity index is 1.44. The van der Waals surface area contributed by atoms with Gasteiger partial charge in [-0.05, 0) is 43.7 Å². The molecule has 0 spiro atoms. The third-order valence-electron chi connectivity index (χ3n) is 6.35. The summed E-state index contributed by atoms with van der Waals surface area (Å²) in [7, 11) is 3.20. The van der Waals surface area contributed by atoms with E-state index in [-0.39, 0.29) is 35.8 Å². The lowest BCUT2D eigenvalue weighted by molar-refractivity contribution is -0.121. The summed E-state index contributed by atoms with van der Waals surface area (Å²) < 4.78 is 28.1. The lowest BCUT2D eigenvalue weighted by Gasteiger charge is -2.28. The molecular formula is C24H29FN4O4. The first-order valence-electron chi connectivity index (χ1n) is 11.2.